The van der Waals surface area contributed by atoms with Crippen LogP contribution in [-0.2, 0) is 6.54 Å². The Balaban J connectivity index is 2.10. The van der Waals surface area contributed by atoms with Crippen LogP contribution < -0.4 is 5.56 Å². The van der Waals surface area contributed by atoms with Crippen molar-refractivity contribution in [2.24, 2.45) is 0 Å². The third-order valence-electron chi connectivity index (χ3n) is 3.02. The minimum absolute atomic E-state index is 0.122. The first kappa shape index (κ1) is 13.4. The maximum Gasteiger partial charge on any atom is 0.270 e. The van der Waals surface area contributed by atoms with Gasteiger partial charge in [-0.25, -0.2) is 9.97 Å². The SMILES string of the molecule is Cc1nc(Cn2cnc3ccc([N+](=O)[O-])cc3c2=O)cs1. The van der Waals surface area contributed by atoms with Crippen molar-refractivity contribution in [1.29, 1.82) is 0 Å². The van der Waals surface area contributed by atoms with Crippen molar-refractivity contribution in [3.8, 4) is 0 Å². The predicted molar refractivity (Wildman–Crippen MR) is 78.6 cm³/mol. The molecule has 2 heterocycles. The maximum absolute atomic E-state index is 12.4. The van der Waals surface area contributed by atoms with Crippen LogP contribution >= 0.6 is 11.3 Å². The molecule has 0 amide bonds. The predicted octanol–water partition coefficient (Wildman–Crippen LogP) is 2.12. The summed E-state index contributed by atoms with van der Waals surface area (Å²) in [5.41, 5.74) is 0.778. The van der Waals surface area contributed by atoms with E-state index in [1.54, 1.807) is 0 Å². The van der Waals surface area contributed by atoms with Crippen LogP contribution in [0.25, 0.3) is 10.9 Å². The highest BCUT2D eigenvalue weighted by atomic mass is 32.1. The zero-order chi connectivity index (χ0) is 15.0. The lowest BCUT2D eigenvalue weighted by atomic mass is 10.2. The van der Waals surface area contributed by atoms with E-state index in [1.807, 2.05) is 12.3 Å². The van der Waals surface area contributed by atoms with E-state index in [-0.39, 0.29) is 16.6 Å². The average Bonchev–Trinajstić information content (AvgIpc) is 2.87. The third kappa shape index (κ3) is 2.52. The van der Waals surface area contributed by atoms with Crippen molar-refractivity contribution in [3.05, 3.63) is 61.1 Å². The van der Waals surface area contributed by atoms with Crippen LogP contribution in [0, 0.1) is 17.0 Å². The fourth-order valence-electron chi connectivity index (χ4n) is 2.03. The van der Waals surface area contributed by atoms with Crippen molar-refractivity contribution in [2.45, 2.75) is 13.5 Å². The molecule has 1 aromatic carbocycles. The first-order valence-corrected chi connectivity index (χ1v) is 6.97. The van der Waals surface area contributed by atoms with Gasteiger partial charge in [-0.05, 0) is 13.0 Å². The highest BCUT2D eigenvalue weighted by molar-refractivity contribution is 7.09. The molecular formula is C13H10N4O3S. The average molecular weight is 302 g/mol. The third-order valence-corrected chi connectivity index (χ3v) is 3.84. The van der Waals surface area contributed by atoms with E-state index in [4.69, 9.17) is 0 Å². The molecule has 0 saturated carbocycles. The number of aryl methyl sites for hydroxylation is 1. The summed E-state index contributed by atoms with van der Waals surface area (Å²) in [4.78, 5) is 31.1. The van der Waals surface area contributed by atoms with Gasteiger partial charge in [0.05, 0.1) is 39.4 Å². The first-order chi connectivity index (χ1) is 10.0. The summed E-state index contributed by atoms with van der Waals surface area (Å²) in [5, 5.41) is 13.8. The summed E-state index contributed by atoms with van der Waals surface area (Å²) in [7, 11) is 0. The van der Waals surface area contributed by atoms with Crippen LogP contribution in [0.2, 0.25) is 0 Å². The Hall–Kier alpha value is -2.61. The van der Waals surface area contributed by atoms with Crippen molar-refractivity contribution in [3.63, 3.8) is 0 Å². The first-order valence-electron chi connectivity index (χ1n) is 6.09. The molecule has 0 spiro atoms. The minimum Gasteiger partial charge on any atom is -0.293 e. The van der Waals surface area contributed by atoms with Gasteiger partial charge in [-0.15, -0.1) is 11.3 Å². The van der Waals surface area contributed by atoms with Gasteiger partial charge in [-0.2, -0.15) is 0 Å². The Kier molecular flexibility index (Phi) is 3.22. The number of nitro benzene ring substituents is 1. The van der Waals surface area contributed by atoms with E-state index >= 15 is 0 Å². The number of fused-ring (bicyclic) bond motifs is 1. The molecule has 0 bridgehead atoms. The Labute approximate surface area is 122 Å². The second kappa shape index (κ2) is 5.06. The summed E-state index contributed by atoms with van der Waals surface area (Å²) in [6, 6.07) is 4.07. The van der Waals surface area contributed by atoms with Gasteiger partial charge < -0.3 is 0 Å². The van der Waals surface area contributed by atoms with Gasteiger partial charge in [-0.1, -0.05) is 0 Å². The van der Waals surface area contributed by atoms with Gasteiger partial charge >= 0.3 is 0 Å². The van der Waals surface area contributed by atoms with E-state index in [0.29, 0.717) is 12.1 Å². The second-order valence-corrected chi connectivity index (χ2v) is 5.56. The summed E-state index contributed by atoms with van der Waals surface area (Å²) in [6.45, 7) is 2.19. The molecule has 0 atom stereocenters. The standard InChI is InChI=1S/C13H10N4O3S/c1-8-15-9(6-21-8)5-16-7-14-12-3-2-10(17(19)20)4-11(12)13(16)18/h2-4,6-7H,5H2,1H3. The van der Waals surface area contributed by atoms with Crippen LogP contribution in [0.1, 0.15) is 10.7 Å². The number of thiazole rings is 1. The van der Waals surface area contributed by atoms with E-state index in [0.717, 1.165) is 10.7 Å². The number of nitrogens with zero attached hydrogens (tertiary/aromatic N) is 4. The lowest BCUT2D eigenvalue weighted by molar-refractivity contribution is -0.384. The molecule has 0 fully saturated rings. The molecule has 7 nitrogen and oxygen atoms in total. The van der Waals surface area contributed by atoms with Gasteiger partial charge in [0.25, 0.3) is 11.2 Å². The number of rotatable bonds is 3. The summed E-state index contributed by atoms with van der Waals surface area (Å²) >= 11 is 1.50. The molecule has 0 N–H and O–H groups in total. The van der Waals surface area contributed by atoms with E-state index < -0.39 is 4.92 Å². The molecule has 0 aliphatic heterocycles. The number of hydrogen-bond donors (Lipinski definition) is 0. The number of non-ortho nitro benzene ring substituents is 1. The molecule has 8 heteroatoms. The highest BCUT2D eigenvalue weighted by Crippen LogP contribution is 2.16. The largest absolute Gasteiger partial charge is 0.293 e. The van der Waals surface area contributed by atoms with Crippen LogP contribution in [0.15, 0.2) is 34.7 Å². The normalized spacial score (nSPS) is 10.9. The Morgan fingerprint density at radius 1 is 1.43 bits per heavy atom. The molecule has 0 radical (unpaired) electrons. The van der Waals surface area contributed by atoms with Crippen molar-refractivity contribution in [2.75, 3.05) is 0 Å². The lowest BCUT2D eigenvalue weighted by Crippen LogP contribution is -2.21. The second-order valence-electron chi connectivity index (χ2n) is 4.49. The quantitative estimate of drug-likeness (QED) is 0.546. The molecule has 106 valence electrons. The van der Waals surface area contributed by atoms with Crippen molar-refractivity contribution >= 4 is 27.9 Å². The number of benzene rings is 1. The molecule has 0 saturated heterocycles. The van der Waals surface area contributed by atoms with E-state index in [1.165, 1.54) is 40.4 Å². The summed E-state index contributed by atoms with van der Waals surface area (Å²) in [5.74, 6) is 0. The molecular weight excluding hydrogens is 292 g/mol. The molecule has 21 heavy (non-hydrogen) atoms. The molecule has 2 aromatic heterocycles. The van der Waals surface area contributed by atoms with Crippen molar-refractivity contribution < 1.29 is 4.92 Å². The lowest BCUT2D eigenvalue weighted by Gasteiger charge is -2.04. The van der Waals surface area contributed by atoms with E-state index in [2.05, 4.69) is 9.97 Å². The fourth-order valence-corrected chi connectivity index (χ4v) is 2.63. The van der Waals surface area contributed by atoms with Crippen LogP contribution in [0.4, 0.5) is 5.69 Å². The van der Waals surface area contributed by atoms with E-state index in [9.17, 15) is 14.9 Å². The Bertz CT molecular complexity index is 900. The smallest absolute Gasteiger partial charge is 0.270 e. The molecule has 0 unspecified atom stereocenters. The van der Waals surface area contributed by atoms with Crippen LogP contribution in [0.5, 0.6) is 0 Å². The number of aromatic nitrogens is 3. The monoisotopic (exact) mass is 302 g/mol. The molecule has 3 aromatic rings. The van der Waals surface area contributed by atoms with Gasteiger partial charge in [-0.3, -0.25) is 19.5 Å². The van der Waals surface area contributed by atoms with Gasteiger partial charge in [0.15, 0.2) is 0 Å². The zero-order valence-electron chi connectivity index (χ0n) is 11.0. The Morgan fingerprint density at radius 3 is 2.90 bits per heavy atom. The Morgan fingerprint density at radius 2 is 2.24 bits per heavy atom. The summed E-state index contributed by atoms with van der Waals surface area (Å²) in [6.07, 6.45) is 1.44. The fraction of sp³-hybridized carbons (Fsp3) is 0.154. The molecule has 0 aliphatic rings. The summed E-state index contributed by atoms with van der Waals surface area (Å²) < 4.78 is 1.40. The highest BCUT2D eigenvalue weighted by Gasteiger charge is 2.11. The van der Waals surface area contributed by atoms with Gasteiger partial charge in [0.2, 0.25) is 0 Å². The zero-order valence-corrected chi connectivity index (χ0v) is 11.8. The molecule has 3 rings (SSSR count). The van der Waals surface area contributed by atoms with Gasteiger partial charge in [0.1, 0.15) is 0 Å². The maximum atomic E-state index is 12.4. The van der Waals surface area contributed by atoms with Crippen LogP contribution in [-0.4, -0.2) is 19.5 Å². The van der Waals surface area contributed by atoms with Crippen molar-refractivity contribution in [1.82, 2.24) is 14.5 Å². The minimum atomic E-state index is -0.528. The molecule has 0 aliphatic carbocycles. The van der Waals surface area contributed by atoms with Crippen LogP contribution in [0.3, 0.4) is 0 Å². The topological polar surface area (TPSA) is 90.9 Å². The van der Waals surface area contributed by atoms with Gasteiger partial charge in [0, 0.05) is 17.5 Å². The number of nitro groups is 1. The number of hydrogen-bond acceptors (Lipinski definition) is 6.